The van der Waals surface area contributed by atoms with Crippen molar-refractivity contribution in [2.45, 2.75) is 38.8 Å². The monoisotopic (exact) mass is 229 g/mol. The Bertz CT molecular complexity index is 191. The van der Waals surface area contributed by atoms with Crippen LogP contribution in [0.5, 0.6) is 0 Å². The number of nitrogens with zero attached hydrogens (tertiary/aromatic N) is 2. The van der Waals surface area contributed by atoms with Crippen molar-refractivity contribution in [3.63, 3.8) is 0 Å². The maximum atomic E-state index is 9.76. The average molecular weight is 229 g/mol. The van der Waals surface area contributed by atoms with Gasteiger partial charge in [-0.2, -0.15) is 0 Å². The first kappa shape index (κ1) is 13.9. The lowest BCUT2D eigenvalue weighted by Gasteiger charge is -2.40. The summed E-state index contributed by atoms with van der Waals surface area (Å²) < 4.78 is 0. The van der Waals surface area contributed by atoms with Crippen LogP contribution in [0.4, 0.5) is 0 Å². The molecule has 4 heteroatoms. The van der Waals surface area contributed by atoms with Crippen LogP contribution in [-0.4, -0.2) is 65.8 Å². The van der Waals surface area contributed by atoms with Gasteiger partial charge in [-0.05, 0) is 20.3 Å². The van der Waals surface area contributed by atoms with Crippen molar-refractivity contribution in [1.82, 2.24) is 9.80 Å². The van der Waals surface area contributed by atoms with E-state index in [0.29, 0.717) is 6.04 Å². The highest BCUT2D eigenvalue weighted by Gasteiger charge is 2.25. The van der Waals surface area contributed by atoms with Crippen molar-refractivity contribution < 1.29 is 5.11 Å². The van der Waals surface area contributed by atoms with Gasteiger partial charge in [0, 0.05) is 45.3 Å². The molecule has 0 saturated carbocycles. The van der Waals surface area contributed by atoms with Gasteiger partial charge < -0.3 is 10.8 Å². The molecule has 0 aromatic heterocycles. The van der Waals surface area contributed by atoms with Gasteiger partial charge in [0.1, 0.15) is 0 Å². The molecule has 0 aromatic carbocycles. The molecule has 1 aliphatic heterocycles. The number of nitrogens with two attached hydrogens (primary N) is 1. The molecule has 1 rings (SSSR count). The van der Waals surface area contributed by atoms with Crippen molar-refractivity contribution in [3.8, 4) is 0 Å². The molecule has 4 nitrogen and oxygen atoms in total. The van der Waals surface area contributed by atoms with Crippen molar-refractivity contribution in [3.05, 3.63) is 0 Å². The maximum Gasteiger partial charge on any atom is 0.0718 e. The van der Waals surface area contributed by atoms with E-state index in [2.05, 4.69) is 16.7 Å². The largest absolute Gasteiger partial charge is 0.389 e. The fraction of sp³-hybridized carbons (Fsp3) is 1.00. The molecule has 1 atom stereocenters. The average Bonchev–Trinajstić information content (AvgIpc) is 2.20. The zero-order valence-electron chi connectivity index (χ0n) is 10.9. The zero-order valence-corrected chi connectivity index (χ0v) is 10.9. The number of piperazine rings is 1. The molecule has 1 unspecified atom stereocenters. The molecule has 0 aromatic rings. The summed E-state index contributed by atoms with van der Waals surface area (Å²) in [6, 6.07) is 0.532. The minimum Gasteiger partial charge on any atom is -0.389 e. The number of rotatable bonds is 5. The second-order valence-electron chi connectivity index (χ2n) is 5.42. The molecule has 1 saturated heterocycles. The quantitative estimate of drug-likeness (QED) is 0.703. The Labute approximate surface area is 99.4 Å². The van der Waals surface area contributed by atoms with Crippen molar-refractivity contribution >= 4 is 0 Å². The van der Waals surface area contributed by atoms with E-state index in [1.807, 2.05) is 13.8 Å². The third-order valence-corrected chi connectivity index (χ3v) is 3.28. The van der Waals surface area contributed by atoms with E-state index in [0.717, 1.165) is 45.7 Å². The number of aliphatic hydroxyl groups is 1. The third-order valence-electron chi connectivity index (χ3n) is 3.28. The lowest BCUT2D eigenvalue weighted by Crippen LogP contribution is -2.54. The van der Waals surface area contributed by atoms with Gasteiger partial charge in [-0.3, -0.25) is 9.80 Å². The van der Waals surface area contributed by atoms with Crippen LogP contribution in [0.1, 0.15) is 27.2 Å². The molecule has 0 spiro atoms. The predicted molar refractivity (Wildman–Crippen MR) is 67.4 cm³/mol. The summed E-state index contributed by atoms with van der Waals surface area (Å²) in [7, 11) is 0. The third kappa shape index (κ3) is 4.37. The topological polar surface area (TPSA) is 52.7 Å². The van der Waals surface area contributed by atoms with Gasteiger partial charge in [-0.1, -0.05) is 6.92 Å². The molecule has 0 radical (unpaired) electrons. The Morgan fingerprint density at radius 1 is 1.25 bits per heavy atom. The fourth-order valence-electron chi connectivity index (χ4n) is 2.41. The van der Waals surface area contributed by atoms with E-state index < -0.39 is 5.60 Å². The van der Waals surface area contributed by atoms with Crippen molar-refractivity contribution in [1.29, 1.82) is 0 Å². The second-order valence-corrected chi connectivity index (χ2v) is 5.42. The molecule has 3 N–H and O–H groups in total. The minimum absolute atomic E-state index is 0.532. The van der Waals surface area contributed by atoms with Gasteiger partial charge in [-0.15, -0.1) is 0 Å². The molecule has 0 bridgehead atoms. The Morgan fingerprint density at radius 2 is 1.81 bits per heavy atom. The standard InChI is InChI=1S/C12H27N3O/c1-4-11(9-13)15-7-5-14(6-8-15)10-12(2,3)16/h11,16H,4-10,13H2,1-3H3. The summed E-state index contributed by atoms with van der Waals surface area (Å²) in [6.07, 6.45) is 1.13. The molecular formula is C12H27N3O. The van der Waals surface area contributed by atoms with Crippen LogP contribution in [0.3, 0.4) is 0 Å². The summed E-state index contributed by atoms with van der Waals surface area (Å²) in [5, 5.41) is 9.76. The number of hydrogen-bond donors (Lipinski definition) is 2. The lowest BCUT2D eigenvalue weighted by molar-refractivity contribution is 0.0112. The van der Waals surface area contributed by atoms with Crippen LogP contribution >= 0.6 is 0 Å². The second kappa shape index (κ2) is 5.96. The number of hydrogen-bond acceptors (Lipinski definition) is 4. The highest BCUT2D eigenvalue weighted by atomic mass is 16.3. The first-order valence-electron chi connectivity index (χ1n) is 6.35. The zero-order chi connectivity index (χ0) is 12.2. The minimum atomic E-state index is -0.583. The highest BCUT2D eigenvalue weighted by Crippen LogP contribution is 2.11. The van der Waals surface area contributed by atoms with Gasteiger partial charge >= 0.3 is 0 Å². The van der Waals surface area contributed by atoms with E-state index >= 15 is 0 Å². The Balaban J connectivity index is 2.33. The molecule has 1 heterocycles. The maximum absolute atomic E-state index is 9.76. The van der Waals surface area contributed by atoms with Crippen molar-refractivity contribution in [2.75, 3.05) is 39.3 Å². The summed E-state index contributed by atoms with van der Waals surface area (Å²) in [5.41, 5.74) is 5.17. The SMILES string of the molecule is CCC(CN)N1CCN(CC(C)(C)O)CC1. The molecule has 0 aliphatic carbocycles. The van der Waals surface area contributed by atoms with E-state index in [1.54, 1.807) is 0 Å². The Kier molecular flexibility index (Phi) is 5.18. The fourth-order valence-corrected chi connectivity index (χ4v) is 2.41. The smallest absolute Gasteiger partial charge is 0.0718 e. The lowest BCUT2D eigenvalue weighted by atomic mass is 10.1. The normalized spacial score (nSPS) is 22.3. The van der Waals surface area contributed by atoms with Gasteiger partial charge in [0.2, 0.25) is 0 Å². The van der Waals surface area contributed by atoms with Crippen LogP contribution in [0, 0.1) is 0 Å². The summed E-state index contributed by atoms with van der Waals surface area (Å²) in [6.45, 7) is 11.7. The van der Waals surface area contributed by atoms with Crippen molar-refractivity contribution in [2.24, 2.45) is 5.73 Å². The summed E-state index contributed by atoms with van der Waals surface area (Å²) in [5.74, 6) is 0. The molecule has 16 heavy (non-hydrogen) atoms. The van der Waals surface area contributed by atoms with Crippen LogP contribution in [0.15, 0.2) is 0 Å². The summed E-state index contributed by atoms with van der Waals surface area (Å²) >= 11 is 0. The van der Waals surface area contributed by atoms with Crippen LogP contribution in [0.2, 0.25) is 0 Å². The number of β-amino-alcohol motifs (C(OH)–C–C–N with tert-alkyl or cyclic N) is 1. The molecule has 96 valence electrons. The van der Waals surface area contributed by atoms with E-state index in [9.17, 15) is 5.11 Å². The van der Waals surface area contributed by atoms with E-state index in [1.165, 1.54) is 0 Å². The van der Waals surface area contributed by atoms with Crippen LogP contribution in [-0.2, 0) is 0 Å². The Morgan fingerprint density at radius 3 is 2.19 bits per heavy atom. The molecule has 0 amide bonds. The van der Waals surface area contributed by atoms with Gasteiger partial charge in [0.15, 0.2) is 0 Å². The van der Waals surface area contributed by atoms with Crippen LogP contribution in [0.25, 0.3) is 0 Å². The molecular weight excluding hydrogens is 202 g/mol. The van der Waals surface area contributed by atoms with E-state index in [-0.39, 0.29) is 0 Å². The van der Waals surface area contributed by atoms with Gasteiger partial charge in [0.25, 0.3) is 0 Å². The first-order chi connectivity index (χ1) is 7.46. The van der Waals surface area contributed by atoms with Gasteiger partial charge in [-0.25, -0.2) is 0 Å². The predicted octanol–water partition coefficient (Wildman–Crippen LogP) is 0.112. The van der Waals surface area contributed by atoms with E-state index in [4.69, 9.17) is 5.73 Å². The summed E-state index contributed by atoms with van der Waals surface area (Å²) in [4.78, 5) is 4.81. The van der Waals surface area contributed by atoms with Gasteiger partial charge in [0.05, 0.1) is 5.60 Å². The molecule has 1 aliphatic rings. The molecule has 1 fully saturated rings. The highest BCUT2D eigenvalue weighted by molar-refractivity contribution is 4.81. The van der Waals surface area contributed by atoms with Crippen LogP contribution < -0.4 is 5.73 Å². The first-order valence-corrected chi connectivity index (χ1v) is 6.35. The Hall–Kier alpha value is -0.160.